The minimum absolute atomic E-state index is 0.705. The molecule has 212 valence electrons. The molecule has 0 amide bonds. The van der Waals surface area contributed by atoms with E-state index in [1.165, 1.54) is 42.0 Å². The highest BCUT2D eigenvalue weighted by atomic mass is 79.9. The van der Waals surface area contributed by atoms with Gasteiger partial charge in [0, 0.05) is 64.0 Å². The molecule has 0 atom stereocenters. The number of para-hydroxylation sites is 1. The topological polar surface area (TPSA) is 30.7 Å². The van der Waals surface area contributed by atoms with Crippen LogP contribution < -0.4 is 0 Å². The Morgan fingerprint density at radius 2 is 1.24 bits per heavy atom. The quantitative estimate of drug-likeness (QED) is 0.188. The molecular weight excluding hydrogens is 634 g/mol. The molecule has 0 fully saturated rings. The van der Waals surface area contributed by atoms with Crippen LogP contribution in [0, 0.1) is 0 Å². The monoisotopic (exact) mass is 657 g/mol. The molecule has 3 aromatic heterocycles. The van der Waals surface area contributed by atoms with Gasteiger partial charge < -0.3 is 4.57 Å². The van der Waals surface area contributed by atoms with Crippen LogP contribution in [0.1, 0.15) is 0 Å². The van der Waals surface area contributed by atoms with Crippen molar-refractivity contribution < 1.29 is 0 Å². The van der Waals surface area contributed by atoms with Gasteiger partial charge in [-0.05, 0) is 48.0 Å². The number of fused-ring (bicyclic) bond motifs is 7. The second-order valence-electron chi connectivity index (χ2n) is 11.1. The van der Waals surface area contributed by atoms with Gasteiger partial charge in [-0.1, -0.05) is 113 Å². The summed E-state index contributed by atoms with van der Waals surface area (Å²) < 4.78 is 6.10. The molecule has 0 radical (unpaired) electrons. The van der Waals surface area contributed by atoms with Crippen molar-refractivity contribution in [3.8, 4) is 39.5 Å². The maximum atomic E-state index is 5.14. The fourth-order valence-electron chi connectivity index (χ4n) is 6.51. The van der Waals surface area contributed by atoms with Crippen LogP contribution in [0.5, 0.6) is 0 Å². The van der Waals surface area contributed by atoms with Gasteiger partial charge in [-0.2, -0.15) is 0 Å². The molecule has 0 unspecified atom stereocenters. The molecule has 5 heteroatoms. The average molecular weight is 659 g/mol. The highest BCUT2D eigenvalue weighted by Gasteiger charge is 2.20. The molecule has 3 nitrogen and oxygen atoms in total. The Hall–Kier alpha value is -5.10. The molecule has 45 heavy (non-hydrogen) atoms. The van der Waals surface area contributed by atoms with E-state index in [0.717, 1.165) is 38.1 Å². The summed E-state index contributed by atoms with van der Waals surface area (Å²) in [5, 5.41) is 5.04. The van der Waals surface area contributed by atoms with E-state index in [4.69, 9.17) is 9.97 Å². The lowest BCUT2D eigenvalue weighted by atomic mass is 10.0. The molecule has 9 aromatic rings. The van der Waals surface area contributed by atoms with Crippen LogP contribution in [0.3, 0.4) is 0 Å². The van der Waals surface area contributed by atoms with Crippen LogP contribution in [0.2, 0.25) is 0 Å². The van der Waals surface area contributed by atoms with E-state index in [2.05, 4.69) is 148 Å². The highest BCUT2D eigenvalue weighted by molar-refractivity contribution is 9.10. The number of thiophene rings is 1. The van der Waals surface area contributed by atoms with Gasteiger partial charge in [-0.3, -0.25) is 0 Å². The van der Waals surface area contributed by atoms with Gasteiger partial charge in [0.1, 0.15) is 0 Å². The van der Waals surface area contributed by atoms with Gasteiger partial charge in [0.2, 0.25) is 0 Å². The molecule has 9 rings (SSSR count). The van der Waals surface area contributed by atoms with Crippen LogP contribution in [0.15, 0.2) is 150 Å². The summed E-state index contributed by atoms with van der Waals surface area (Å²) in [5.41, 5.74) is 8.59. The molecule has 6 aromatic carbocycles. The Morgan fingerprint density at radius 1 is 0.578 bits per heavy atom. The van der Waals surface area contributed by atoms with Crippen molar-refractivity contribution in [2.45, 2.75) is 0 Å². The summed E-state index contributed by atoms with van der Waals surface area (Å²) in [5.74, 6) is 0.705. The van der Waals surface area contributed by atoms with Gasteiger partial charge in [0.15, 0.2) is 5.82 Å². The Kier molecular flexibility index (Phi) is 6.15. The van der Waals surface area contributed by atoms with Crippen LogP contribution in [0.4, 0.5) is 0 Å². The van der Waals surface area contributed by atoms with Gasteiger partial charge in [0.05, 0.1) is 16.7 Å². The molecule has 0 spiro atoms. The maximum absolute atomic E-state index is 5.14. The van der Waals surface area contributed by atoms with Crippen molar-refractivity contribution in [1.82, 2.24) is 14.5 Å². The van der Waals surface area contributed by atoms with Crippen LogP contribution in [-0.2, 0) is 0 Å². The van der Waals surface area contributed by atoms with Crippen LogP contribution in [-0.4, -0.2) is 14.5 Å². The van der Waals surface area contributed by atoms with Crippen molar-refractivity contribution in [1.29, 1.82) is 0 Å². The largest absolute Gasteiger partial charge is 0.309 e. The highest BCUT2D eigenvalue weighted by Crippen LogP contribution is 2.46. The molecular formula is C40H24BrN3S. The summed E-state index contributed by atoms with van der Waals surface area (Å²) in [7, 11) is 0. The van der Waals surface area contributed by atoms with E-state index in [-0.39, 0.29) is 0 Å². The second kappa shape index (κ2) is 10.5. The number of benzene rings is 6. The lowest BCUT2D eigenvalue weighted by Gasteiger charge is -2.12. The first-order valence-corrected chi connectivity index (χ1v) is 16.5. The van der Waals surface area contributed by atoms with Gasteiger partial charge >= 0.3 is 0 Å². The molecule has 3 heterocycles. The molecule has 0 saturated heterocycles. The Labute approximate surface area is 272 Å². The molecule has 0 aliphatic rings. The first-order valence-electron chi connectivity index (χ1n) is 14.9. The van der Waals surface area contributed by atoms with Gasteiger partial charge in [-0.25, -0.2) is 9.97 Å². The third kappa shape index (κ3) is 4.23. The lowest BCUT2D eigenvalue weighted by molar-refractivity contribution is 1.17. The van der Waals surface area contributed by atoms with Crippen molar-refractivity contribution in [2.75, 3.05) is 0 Å². The van der Waals surface area contributed by atoms with Gasteiger partial charge in [0.25, 0.3) is 0 Å². The fourth-order valence-corrected chi connectivity index (χ4v) is 8.44. The zero-order valence-corrected chi connectivity index (χ0v) is 26.4. The summed E-state index contributed by atoms with van der Waals surface area (Å²) in [6.45, 7) is 0. The van der Waals surface area contributed by atoms with E-state index in [1.54, 1.807) is 0 Å². The van der Waals surface area contributed by atoms with E-state index < -0.39 is 0 Å². The standard InChI is InChI=1S/C40H24BrN3S/c41-32-23-35-37(30-16-8-10-18-34(30)45-35)39-36(32)29-15-7-9-17-33(29)44(39)28-21-19-27(20-22-28)40-42-24-31(25-11-3-1-4-12-25)38(43-40)26-13-5-2-6-14-26/h1-24H. The predicted octanol–water partition coefficient (Wildman–Crippen LogP) is 11.7. The molecule has 0 saturated carbocycles. The Morgan fingerprint density at radius 3 is 2.02 bits per heavy atom. The normalized spacial score (nSPS) is 11.7. The van der Waals surface area contributed by atoms with E-state index >= 15 is 0 Å². The molecule has 0 bridgehead atoms. The summed E-state index contributed by atoms with van der Waals surface area (Å²) in [6.07, 6.45) is 1.96. The number of hydrogen-bond acceptors (Lipinski definition) is 3. The van der Waals surface area contributed by atoms with Crippen LogP contribution in [0.25, 0.3) is 81.4 Å². The van der Waals surface area contributed by atoms with Crippen molar-refractivity contribution in [3.63, 3.8) is 0 Å². The third-order valence-electron chi connectivity index (χ3n) is 8.54. The first-order chi connectivity index (χ1) is 22.2. The molecule has 0 aliphatic heterocycles. The van der Waals surface area contributed by atoms with Crippen molar-refractivity contribution >= 4 is 69.2 Å². The average Bonchev–Trinajstić information content (AvgIpc) is 3.65. The van der Waals surface area contributed by atoms with E-state index in [9.17, 15) is 0 Å². The second-order valence-corrected chi connectivity index (χ2v) is 13.1. The lowest BCUT2D eigenvalue weighted by Crippen LogP contribution is -1.97. The minimum atomic E-state index is 0.705. The zero-order valence-electron chi connectivity index (χ0n) is 24.0. The Balaban J connectivity index is 1.24. The minimum Gasteiger partial charge on any atom is -0.309 e. The predicted molar refractivity (Wildman–Crippen MR) is 193 cm³/mol. The number of halogens is 1. The van der Waals surface area contributed by atoms with E-state index in [0.29, 0.717) is 5.82 Å². The van der Waals surface area contributed by atoms with Gasteiger partial charge in [-0.15, -0.1) is 11.3 Å². The zero-order chi connectivity index (χ0) is 29.9. The number of aromatic nitrogens is 3. The van der Waals surface area contributed by atoms with Crippen molar-refractivity contribution in [3.05, 3.63) is 150 Å². The third-order valence-corrected chi connectivity index (χ3v) is 10.3. The summed E-state index contributed by atoms with van der Waals surface area (Å²) in [6, 6.07) is 49.1. The number of hydrogen-bond donors (Lipinski definition) is 0. The SMILES string of the molecule is Brc1cc2sc3ccccc3c2c2c1c1ccccc1n2-c1ccc(-c2ncc(-c3ccccc3)c(-c3ccccc3)n2)cc1. The maximum Gasteiger partial charge on any atom is 0.159 e. The first kappa shape index (κ1) is 26.3. The number of rotatable bonds is 4. The molecule has 0 N–H and O–H groups in total. The molecule has 0 aliphatic carbocycles. The summed E-state index contributed by atoms with van der Waals surface area (Å²) in [4.78, 5) is 10.00. The smallest absolute Gasteiger partial charge is 0.159 e. The summed E-state index contributed by atoms with van der Waals surface area (Å²) >= 11 is 5.79. The Bertz CT molecular complexity index is 2530. The fraction of sp³-hybridized carbons (Fsp3) is 0. The number of nitrogens with zero attached hydrogens (tertiary/aromatic N) is 3. The van der Waals surface area contributed by atoms with Crippen LogP contribution >= 0.6 is 27.3 Å². The van der Waals surface area contributed by atoms with Crippen molar-refractivity contribution in [2.24, 2.45) is 0 Å². The van der Waals surface area contributed by atoms with E-state index in [1.807, 2.05) is 29.7 Å².